The number of carbonyl (C=O) groups excluding carboxylic acids is 1. The highest BCUT2D eigenvalue weighted by molar-refractivity contribution is 7.21. The third-order valence-corrected chi connectivity index (χ3v) is 6.29. The molecule has 0 radical (unpaired) electrons. The first-order valence-electron chi connectivity index (χ1n) is 9.56. The Morgan fingerprint density at radius 2 is 1.88 bits per heavy atom. The maximum atomic E-state index is 14.0. The Balaban J connectivity index is 1.63. The van der Waals surface area contributed by atoms with Crippen LogP contribution in [0.3, 0.4) is 0 Å². The van der Waals surface area contributed by atoms with Crippen molar-refractivity contribution in [2.75, 3.05) is 19.6 Å². The molecule has 0 spiro atoms. The van der Waals surface area contributed by atoms with E-state index in [1.807, 2.05) is 0 Å². The number of benzene rings is 2. The van der Waals surface area contributed by atoms with Crippen molar-refractivity contribution in [3.8, 4) is 28.5 Å². The predicted molar refractivity (Wildman–Crippen MR) is 117 cm³/mol. The lowest BCUT2D eigenvalue weighted by molar-refractivity contribution is 0.104. The van der Waals surface area contributed by atoms with Crippen LogP contribution in [-0.4, -0.2) is 24.7 Å². The van der Waals surface area contributed by atoms with Crippen molar-refractivity contribution in [1.82, 2.24) is 4.98 Å². The molecule has 0 saturated carbocycles. The monoisotopic (exact) mass is 454 g/mol. The smallest absolute Gasteiger partial charge is 0.264 e. The van der Waals surface area contributed by atoms with Crippen LogP contribution in [0.2, 0.25) is 0 Å². The molecular formula is C23H16F2N2O4S. The molecule has 2 aromatic heterocycles. The first kappa shape index (κ1) is 20.2. The fraction of sp³-hybridized carbons (Fsp3) is 0.130. The Labute approximate surface area is 185 Å². The topological polar surface area (TPSA) is 83.7 Å². The lowest BCUT2D eigenvalue weighted by Gasteiger charge is -2.08. The van der Waals surface area contributed by atoms with E-state index in [2.05, 4.69) is 4.98 Å². The lowest BCUT2D eigenvalue weighted by atomic mass is 10.0. The summed E-state index contributed by atoms with van der Waals surface area (Å²) in [5.74, 6) is 1.33. The van der Waals surface area contributed by atoms with Gasteiger partial charge in [-0.3, -0.25) is 4.79 Å². The minimum Gasteiger partial charge on any atom is -0.497 e. The molecule has 2 N–H and O–H groups in total. The Kier molecular flexibility index (Phi) is 4.90. The molecule has 0 unspecified atom stereocenters. The average molecular weight is 454 g/mol. The highest BCUT2D eigenvalue weighted by atomic mass is 32.1. The first-order chi connectivity index (χ1) is 15.5. The number of nitrogen functional groups attached to an aromatic ring is 1. The van der Waals surface area contributed by atoms with Crippen molar-refractivity contribution in [3.63, 3.8) is 0 Å². The van der Waals surface area contributed by atoms with E-state index in [-0.39, 0.29) is 38.9 Å². The van der Waals surface area contributed by atoms with Gasteiger partial charge in [-0.1, -0.05) is 0 Å². The molecule has 32 heavy (non-hydrogen) atoms. The number of pyridine rings is 1. The predicted octanol–water partition coefficient (Wildman–Crippen LogP) is 5.45. The molecule has 6 nitrogen and oxygen atoms in total. The van der Waals surface area contributed by atoms with Gasteiger partial charge in [0.05, 0.1) is 18.5 Å². The molecule has 0 saturated heterocycles. The second kappa shape index (κ2) is 7.76. The molecular weight excluding hydrogens is 438 g/mol. The highest BCUT2D eigenvalue weighted by Crippen LogP contribution is 2.42. The molecule has 0 atom stereocenters. The number of thiophene rings is 1. The fourth-order valence-electron chi connectivity index (χ4n) is 3.57. The quantitative estimate of drug-likeness (QED) is 0.404. The maximum Gasteiger partial charge on any atom is 0.264 e. The van der Waals surface area contributed by atoms with Crippen molar-refractivity contribution in [2.45, 2.75) is 6.43 Å². The average Bonchev–Trinajstić information content (AvgIpc) is 3.41. The number of alkyl halides is 2. The van der Waals surface area contributed by atoms with E-state index in [9.17, 15) is 13.6 Å². The molecule has 162 valence electrons. The zero-order valence-corrected chi connectivity index (χ0v) is 17.5. The van der Waals surface area contributed by atoms with E-state index >= 15 is 0 Å². The fourth-order valence-corrected chi connectivity index (χ4v) is 4.66. The van der Waals surface area contributed by atoms with Crippen LogP contribution < -0.4 is 19.9 Å². The van der Waals surface area contributed by atoms with Crippen molar-refractivity contribution in [1.29, 1.82) is 0 Å². The van der Waals surface area contributed by atoms with E-state index in [4.69, 9.17) is 19.9 Å². The van der Waals surface area contributed by atoms with Gasteiger partial charge in [0.15, 0.2) is 11.5 Å². The van der Waals surface area contributed by atoms with Gasteiger partial charge in [-0.05, 0) is 48.5 Å². The molecule has 0 fully saturated rings. The molecule has 9 heteroatoms. The van der Waals surface area contributed by atoms with Gasteiger partial charge < -0.3 is 19.9 Å². The van der Waals surface area contributed by atoms with Crippen LogP contribution in [0.25, 0.3) is 21.5 Å². The Hall–Kier alpha value is -3.72. The molecule has 4 aromatic rings. The number of anilines is 1. The van der Waals surface area contributed by atoms with Crippen LogP contribution in [0.5, 0.6) is 17.2 Å². The summed E-state index contributed by atoms with van der Waals surface area (Å²) in [6.45, 7) is 0.103. The van der Waals surface area contributed by atoms with Crippen molar-refractivity contribution in [2.24, 2.45) is 0 Å². The van der Waals surface area contributed by atoms with Crippen LogP contribution in [0.4, 0.5) is 14.5 Å². The third kappa shape index (κ3) is 3.31. The number of fused-ring (bicyclic) bond motifs is 2. The van der Waals surface area contributed by atoms with Gasteiger partial charge in [0, 0.05) is 22.1 Å². The second-order valence-corrected chi connectivity index (χ2v) is 8.05. The second-order valence-electron chi connectivity index (χ2n) is 7.05. The maximum absolute atomic E-state index is 14.0. The van der Waals surface area contributed by atoms with Gasteiger partial charge >= 0.3 is 0 Å². The van der Waals surface area contributed by atoms with E-state index in [1.54, 1.807) is 42.5 Å². The minimum absolute atomic E-state index is 0.00542. The molecule has 3 heterocycles. The number of carbonyl (C=O) groups is 1. The Morgan fingerprint density at radius 3 is 2.59 bits per heavy atom. The van der Waals surface area contributed by atoms with Crippen LogP contribution in [0, 0.1) is 0 Å². The number of ketones is 1. The molecule has 1 aliphatic heterocycles. The number of hydrogen-bond acceptors (Lipinski definition) is 7. The molecule has 0 bridgehead atoms. The van der Waals surface area contributed by atoms with E-state index < -0.39 is 6.43 Å². The largest absolute Gasteiger partial charge is 0.497 e. The molecule has 0 aliphatic carbocycles. The van der Waals surface area contributed by atoms with Gasteiger partial charge in [-0.15, -0.1) is 11.3 Å². The van der Waals surface area contributed by atoms with Crippen LogP contribution in [-0.2, 0) is 0 Å². The van der Waals surface area contributed by atoms with Crippen LogP contribution in [0.1, 0.15) is 27.2 Å². The third-order valence-electron chi connectivity index (χ3n) is 5.19. The zero-order chi connectivity index (χ0) is 22.4. The van der Waals surface area contributed by atoms with Gasteiger partial charge in [0.25, 0.3) is 6.43 Å². The van der Waals surface area contributed by atoms with Gasteiger partial charge in [-0.25, -0.2) is 13.8 Å². The van der Waals surface area contributed by atoms with E-state index in [1.165, 1.54) is 13.2 Å². The standard InChI is InChI=1S/C23H16F2N2O4S/c1-29-13-5-2-11(3-6-13)20(28)21-19(26)18-14(22(24)25)9-15(27-23(18)32-21)12-4-7-16-17(8-12)31-10-30-16/h2-9,22H,10,26H2,1H3. The molecule has 2 aromatic carbocycles. The van der Waals surface area contributed by atoms with Crippen LogP contribution >= 0.6 is 11.3 Å². The number of rotatable bonds is 5. The summed E-state index contributed by atoms with van der Waals surface area (Å²) >= 11 is 0.996. The van der Waals surface area contributed by atoms with Gasteiger partial charge in [0.1, 0.15) is 15.5 Å². The summed E-state index contributed by atoms with van der Waals surface area (Å²) in [6.07, 6.45) is -2.80. The van der Waals surface area contributed by atoms with Crippen molar-refractivity contribution >= 4 is 33.0 Å². The van der Waals surface area contributed by atoms with E-state index in [0.29, 0.717) is 34.1 Å². The van der Waals surface area contributed by atoms with Crippen molar-refractivity contribution in [3.05, 3.63) is 64.5 Å². The van der Waals surface area contributed by atoms with E-state index in [0.717, 1.165) is 11.3 Å². The minimum atomic E-state index is -2.80. The SMILES string of the molecule is COc1ccc(C(=O)c2sc3nc(-c4ccc5c(c4)OCO5)cc(C(F)F)c3c2N)cc1. The summed E-state index contributed by atoms with van der Waals surface area (Å²) in [7, 11) is 1.52. The van der Waals surface area contributed by atoms with Crippen LogP contribution in [0.15, 0.2) is 48.5 Å². The number of aromatic nitrogens is 1. The van der Waals surface area contributed by atoms with Crippen molar-refractivity contribution < 1.29 is 27.8 Å². The Morgan fingerprint density at radius 1 is 1.12 bits per heavy atom. The summed E-state index contributed by atoms with van der Waals surface area (Å²) in [4.78, 5) is 18.0. The Bertz CT molecular complexity index is 1350. The van der Waals surface area contributed by atoms with Gasteiger partial charge in [-0.2, -0.15) is 0 Å². The summed E-state index contributed by atoms with van der Waals surface area (Å²) in [6, 6.07) is 12.9. The number of hydrogen-bond donors (Lipinski definition) is 1. The molecule has 0 amide bonds. The number of nitrogens with zero attached hydrogens (tertiary/aromatic N) is 1. The highest BCUT2D eigenvalue weighted by Gasteiger charge is 2.25. The normalized spacial score (nSPS) is 12.5. The molecule has 1 aliphatic rings. The number of nitrogens with two attached hydrogens (primary N) is 1. The summed E-state index contributed by atoms with van der Waals surface area (Å²) < 4.78 is 43.8. The summed E-state index contributed by atoms with van der Waals surface area (Å²) in [5, 5.41) is 0.103. The summed E-state index contributed by atoms with van der Waals surface area (Å²) in [5.41, 5.74) is 7.22. The molecule has 5 rings (SSSR count). The number of methoxy groups -OCH3 is 1. The number of ether oxygens (including phenoxy) is 3. The zero-order valence-electron chi connectivity index (χ0n) is 16.7. The first-order valence-corrected chi connectivity index (χ1v) is 10.4. The number of halogens is 2. The van der Waals surface area contributed by atoms with Gasteiger partial charge in [0.2, 0.25) is 12.6 Å². The lowest BCUT2D eigenvalue weighted by Crippen LogP contribution is -2.02.